The predicted molar refractivity (Wildman–Crippen MR) is 77.9 cm³/mol. The first-order valence-corrected chi connectivity index (χ1v) is 6.55. The number of amides is 1. The number of rotatable bonds is 4. The van der Waals surface area contributed by atoms with Gasteiger partial charge >= 0.3 is 0 Å². The van der Waals surface area contributed by atoms with Crippen LogP contribution >= 0.6 is 0 Å². The van der Waals surface area contributed by atoms with Crippen molar-refractivity contribution in [3.8, 4) is 0 Å². The second-order valence-corrected chi connectivity index (χ2v) is 4.86. The Kier molecular flexibility index (Phi) is 4.35. The molecule has 0 aromatic heterocycles. The highest BCUT2D eigenvalue weighted by Crippen LogP contribution is 2.11. The molecule has 0 saturated carbocycles. The van der Waals surface area contributed by atoms with Gasteiger partial charge in [0.05, 0.1) is 12.5 Å². The Bertz CT molecular complexity index is 531. The largest absolute Gasteiger partial charge is 0.349 e. The number of hydrogen-bond acceptors (Lipinski definition) is 1. The van der Waals surface area contributed by atoms with E-state index in [9.17, 15) is 4.79 Å². The molecule has 0 saturated heterocycles. The van der Waals surface area contributed by atoms with Crippen molar-refractivity contribution in [3.63, 3.8) is 0 Å². The van der Waals surface area contributed by atoms with E-state index in [1.54, 1.807) is 0 Å². The summed E-state index contributed by atoms with van der Waals surface area (Å²) in [7, 11) is 0. The number of benzene rings is 2. The number of hydrogen-bond donors (Lipinski definition) is 1. The minimum Gasteiger partial charge on any atom is -0.349 e. The van der Waals surface area contributed by atoms with E-state index >= 15 is 0 Å². The molecule has 1 unspecified atom stereocenters. The van der Waals surface area contributed by atoms with Gasteiger partial charge in [-0.15, -0.1) is 0 Å². The first-order chi connectivity index (χ1) is 9.15. The molecule has 1 atom stereocenters. The van der Waals surface area contributed by atoms with Gasteiger partial charge in [-0.3, -0.25) is 4.79 Å². The molecule has 0 bridgehead atoms. The van der Waals surface area contributed by atoms with E-state index in [-0.39, 0.29) is 11.9 Å². The molecule has 2 rings (SSSR count). The van der Waals surface area contributed by atoms with E-state index in [1.807, 2.05) is 68.4 Å². The highest BCUT2D eigenvalue weighted by atomic mass is 16.1. The maximum absolute atomic E-state index is 12.0. The van der Waals surface area contributed by atoms with Crippen LogP contribution in [0.2, 0.25) is 0 Å². The van der Waals surface area contributed by atoms with E-state index in [0.717, 1.165) is 11.1 Å². The monoisotopic (exact) mass is 253 g/mol. The van der Waals surface area contributed by atoms with Crippen LogP contribution < -0.4 is 5.32 Å². The number of carbonyl (C=O) groups is 1. The van der Waals surface area contributed by atoms with Crippen LogP contribution in [0.15, 0.2) is 54.6 Å². The van der Waals surface area contributed by atoms with E-state index in [1.165, 1.54) is 5.56 Å². The fraction of sp³-hybridized carbons (Fsp3) is 0.235. The lowest BCUT2D eigenvalue weighted by Gasteiger charge is -2.14. The third-order valence-electron chi connectivity index (χ3n) is 3.16. The van der Waals surface area contributed by atoms with Crippen molar-refractivity contribution >= 4 is 5.91 Å². The summed E-state index contributed by atoms with van der Waals surface area (Å²) in [6.45, 7) is 4.05. The third kappa shape index (κ3) is 3.95. The van der Waals surface area contributed by atoms with E-state index < -0.39 is 0 Å². The average Bonchev–Trinajstić information content (AvgIpc) is 2.42. The van der Waals surface area contributed by atoms with Crippen LogP contribution in [0.5, 0.6) is 0 Å². The lowest BCUT2D eigenvalue weighted by atomic mass is 10.1. The van der Waals surface area contributed by atoms with Gasteiger partial charge in [0.2, 0.25) is 5.91 Å². The van der Waals surface area contributed by atoms with Crippen molar-refractivity contribution < 1.29 is 4.79 Å². The summed E-state index contributed by atoms with van der Waals surface area (Å²) in [6.07, 6.45) is 0.428. The van der Waals surface area contributed by atoms with Gasteiger partial charge in [0, 0.05) is 0 Å². The van der Waals surface area contributed by atoms with Crippen molar-refractivity contribution in [1.82, 2.24) is 5.32 Å². The fourth-order valence-electron chi connectivity index (χ4n) is 2.01. The summed E-state index contributed by atoms with van der Waals surface area (Å²) in [5.74, 6) is 0.0557. The lowest BCUT2D eigenvalue weighted by molar-refractivity contribution is -0.121. The topological polar surface area (TPSA) is 29.1 Å². The molecule has 0 radical (unpaired) electrons. The van der Waals surface area contributed by atoms with Crippen molar-refractivity contribution in [2.45, 2.75) is 26.3 Å². The Morgan fingerprint density at radius 2 is 1.68 bits per heavy atom. The van der Waals surface area contributed by atoms with Gasteiger partial charge in [0.25, 0.3) is 0 Å². The SMILES string of the molecule is Cc1ccc(CC(=O)NC(C)c2ccccc2)cc1. The summed E-state index contributed by atoms with van der Waals surface area (Å²) in [5.41, 5.74) is 3.38. The minimum absolute atomic E-state index is 0.0409. The Morgan fingerprint density at radius 1 is 1.05 bits per heavy atom. The zero-order chi connectivity index (χ0) is 13.7. The van der Waals surface area contributed by atoms with Crippen LogP contribution in [0.3, 0.4) is 0 Å². The van der Waals surface area contributed by atoms with Gasteiger partial charge in [-0.1, -0.05) is 60.2 Å². The standard InChI is InChI=1S/C17H19NO/c1-13-8-10-15(11-9-13)12-17(19)18-14(2)16-6-4-3-5-7-16/h3-11,14H,12H2,1-2H3,(H,18,19). The van der Waals surface area contributed by atoms with E-state index in [2.05, 4.69) is 5.32 Å². The molecule has 2 heteroatoms. The van der Waals surface area contributed by atoms with Gasteiger partial charge in [-0.25, -0.2) is 0 Å². The molecule has 98 valence electrons. The Balaban J connectivity index is 1.93. The molecule has 0 heterocycles. The first-order valence-electron chi connectivity index (χ1n) is 6.55. The number of aryl methyl sites for hydroxylation is 1. The van der Waals surface area contributed by atoms with Crippen LogP contribution in [0.4, 0.5) is 0 Å². The quantitative estimate of drug-likeness (QED) is 0.888. The highest BCUT2D eigenvalue weighted by Gasteiger charge is 2.09. The Hall–Kier alpha value is -2.09. The van der Waals surface area contributed by atoms with Crippen LogP contribution in [-0.4, -0.2) is 5.91 Å². The Morgan fingerprint density at radius 3 is 2.32 bits per heavy atom. The lowest BCUT2D eigenvalue weighted by Crippen LogP contribution is -2.28. The van der Waals surface area contributed by atoms with Crippen molar-refractivity contribution in [3.05, 3.63) is 71.3 Å². The van der Waals surface area contributed by atoms with E-state index in [4.69, 9.17) is 0 Å². The van der Waals surface area contributed by atoms with Crippen molar-refractivity contribution in [1.29, 1.82) is 0 Å². The summed E-state index contributed by atoms with van der Waals surface area (Å²) in [6, 6.07) is 18.1. The molecule has 2 aromatic rings. The third-order valence-corrected chi connectivity index (χ3v) is 3.16. The van der Waals surface area contributed by atoms with Crippen LogP contribution in [0.25, 0.3) is 0 Å². The molecule has 1 amide bonds. The summed E-state index contributed by atoms with van der Waals surface area (Å²) in [5, 5.41) is 3.02. The summed E-state index contributed by atoms with van der Waals surface area (Å²) < 4.78 is 0. The zero-order valence-corrected chi connectivity index (χ0v) is 11.4. The van der Waals surface area contributed by atoms with Gasteiger partial charge in [0.15, 0.2) is 0 Å². The summed E-state index contributed by atoms with van der Waals surface area (Å²) >= 11 is 0. The van der Waals surface area contributed by atoms with Gasteiger partial charge in [-0.2, -0.15) is 0 Å². The molecular weight excluding hydrogens is 234 g/mol. The van der Waals surface area contributed by atoms with Crippen molar-refractivity contribution in [2.24, 2.45) is 0 Å². The maximum Gasteiger partial charge on any atom is 0.224 e. The van der Waals surface area contributed by atoms with Gasteiger partial charge < -0.3 is 5.32 Å². The maximum atomic E-state index is 12.0. The molecule has 2 nitrogen and oxygen atoms in total. The first kappa shape index (κ1) is 13.3. The smallest absolute Gasteiger partial charge is 0.224 e. The normalized spacial score (nSPS) is 11.9. The molecular formula is C17H19NO. The molecule has 0 aliphatic heterocycles. The van der Waals surface area contributed by atoms with E-state index in [0.29, 0.717) is 6.42 Å². The van der Waals surface area contributed by atoms with Crippen LogP contribution in [-0.2, 0) is 11.2 Å². The van der Waals surface area contributed by atoms with Crippen LogP contribution in [0.1, 0.15) is 29.7 Å². The highest BCUT2D eigenvalue weighted by molar-refractivity contribution is 5.79. The molecule has 0 fully saturated rings. The number of nitrogens with one attached hydrogen (secondary N) is 1. The molecule has 0 aliphatic carbocycles. The molecule has 0 aliphatic rings. The second-order valence-electron chi connectivity index (χ2n) is 4.86. The van der Waals surface area contributed by atoms with Gasteiger partial charge in [-0.05, 0) is 25.0 Å². The molecule has 19 heavy (non-hydrogen) atoms. The second kappa shape index (κ2) is 6.19. The van der Waals surface area contributed by atoms with Gasteiger partial charge in [0.1, 0.15) is 0 Å². The predicted octanol–water partition coefficient (Wildman–Crippen LogP) is 3.41. The zero-order valence-electron chi connectivity index (χ0n) is 11.4. The molecule has 1 N–H and O–H groups in total. The molecule has 0 spiro atoms. The molecule has 2 aromatic carbocycles. The summed E-state index contributed by atoms with van der Waals surface area (Å²) in [4.78, 5) is 12.0. The van der Waals surface area contributed by atoms with Crippen LogP contribution in [0, 0.1) is 6.92 Å². The fourth-order valence-corrected chi connectivity index (χ4v) is 2.01. The Labute approximate surface area is 114 Å². The van der Waals surface area contributed by atoms with Crippen molar-refractivity contribution in [2.75, 3.05) is 0 Å². The minimum atomic E-state index is 0.0409. The number of carbonyl (C=O) groups excluding carboxylic acids is 1. The average molecular weight is 253 g/mol.